The topological polar surface area (TPSA) is 6.48 Å². The number of anilines is 6. The molecule has 14 rings (SSSR count). The van der Waals surface area contributed by atoms with E-state index in [0.29, 0.717) is 0 Å². The number of rotatable bonds is 7. The molecule has 3 aliphatic rings. The summed E-state index contributed by atoms with van der Waals surface area (Å²) in [6.07, 6.45) is 0. The van der Waals surface area contributed by atoms with Crippen LogP contribution < -0.4 is 9.80 Å². The third-order valence-electron chi connectivity index (χ3n) is 15.8. The molecule has 0 fully saturated rings. The van der Waals surface area contributed by atoms with E-state index < -0.39 is 5.41 Å². The lowest BCUT2D eigenvalue weighted by Crippen LogP contribution is -2.36. The van der Waals surface area contributed by atoms with E-state index in [1.54, 1.807) is 0 Å². The molecule has 11 aromatic rings. The first-order valence-corrected chi connectivity index (χ1v) is 25.2. The lowest BCUT2D eigenvalue weighted by atomic mass is 9.64. The summed E-state index contributed by atoms with van der Waals surface area (Å²) >= 11 is 0. The van der Waals surface area contributed by atoms with Crippen molar-refractivity contribution >= 4 is 34.1 Å². The van der Waals surface area contributed by atoms with E-state index in [1.165, 1.54) is 100 Å². The molecule has 0 aromatic heterocycles. The molecule has 1 heterocycles. The van der Waals surface area contributed by atoms with E-state index >= 15 is 0 Å². The Balaban J connectivity index is 0.993. The number of hydrogen-bond acceptors (Lipinski definition) is 2. The van der Waals surface area contributed by atoms with Crippen LogP contribution in [0, 0.1) is 0 Å². The molecule has 0 unspecified atom stereocenters. The molecular weight excluding hydrogens is 869 g/mol. The SMILES string of the molecule is CC1(C)c2ccccc2-c2ccc(N(c3ccc(-c4cc(-c5ccccc5)cc(-c5ccccc5)c4)cc3)c3cccc4c3-c3ccccc3C43c4ccccc4N(c4ccccc4)c4ccccc43)cc21. The number of hydrogen-bond donors (Lipinski definition) is 0. The van der Waals surface area contributed by atoms with E-state index in [1.807, 2.05) is 0 Å². The fraction of sp³-hybridized carbons (Fsp3) is 0.0571. The second-order valence-electron chi connectivity index (χ2n) is 20.0. The van der Waals surface area contributed by atoms with Crippen molar-refractivity contribution < 1.29 is 0 Å². The number of para-hydroxylation sites is 3. The average molecular weight is 919 g/mol. The number of benzene rings is 11. The molecule has 2 aliphatic carbocycles. The molecule has 0 bridgehead atoms. The normalized spacial score (nSPS) is 13.9. The third-order valence-corrected chi connectivity index (χ3v) is 15.8. The summed E-state index contributed by atoms with van der Waals surface area (Å²) in [5, 5.41) is 0. The zero-order valence-corrected chi connectivity index (χ0v) is 40.3. The number of nitrogens with zero attached hydrogens (tertiary/aromatic N) is 2. The first kappa shape index (κ1) is 41.9. The lowest BCUT2D eigenvalue weighted by Gasteiger charge is -2.45. The minimum atomic E-state index is -0.586. The zero-order valence-electron chi connectivity index (χ0n) is 40.3. The molecule has 0 amide bonds. The van der Waals surface area contributed by atoms with E-state index in [9.17, 15) is 0 Å². The van der Waals surface area contributed by atoms with Crippen molar-refractivity contribution in [3.63, 3.8) is 0 Å². The van der Waals surface area contributed by atoms with Gasteiger partial charge in [0.15, 0.2) is 0 Å². The predicted molar refractivity (Wildman–Crippen MR) is 301 cm³/mol. The molecular formula is C70H50N2. The number of fused-ring (bicyclic) bond motifs is 12. The fourth-order valence-electron chi connectivity index (χ4n) is 12.6. The maximum Gasteiger partial charge on any atom is 0.0755 e. The van der Waals surface area contributed by atoms with Gasteiger partial charge in [0, 0.05) is 28.0 Å². The summed E-state index contributed by atoms with van der Waals surface area (Å²) in [5.41, 5.74) is 26.3. The second kappa shape index (κ2) is 16.3. The maximum atomic E-state index is 2.53. The summed E-state index contributed by atoms with van der Waals surface area (Å²) in [6.45, 7) is 4.76. The van der Waals surface area contributed by atoms with Gasteiger partial charge in [-0.05, 0) is 156 Å². The highest BCUT2D eigenvalue weighted by Crippen LogP contribution is 2.65. The molecule has 2 heteroatoms. The van der Waals surface area contributed by atoms with Crippen LogP contribution in [0.2, 0.25) is 0 Å². The van der Waals surface area contributed by atoms with Gasteiger partial charge >= 0.3 is 0 Å². The molecule has 72 heavy (non-hydrogen) atoms. The Morgan fingerprint density at radius 1 is 0.306 bits per heavy atom. The maximum absolute atomic E-state index is 2.53. The van der Waals surface area contributed by atoms with Gasteiger partial charge in [-0.25, -0.2) is 0 Å². The third kappa shape index (κ3) is 6.22. The lowest BCUT2D eigenvalue weighted by molar-refractivity contribution is 0.660. The average Bonchev–Trinajstić information content (AvgIpc) is 3.88. The molecule has 11 aromatic carbocycles. The molecule has 1 spiro atoms. The van der Waals surface area contributed by atoms with E-state index in [0.717, 1.165) is 22.7 Å². The van der Waals surface area contributed by atoms with Crippen molar-refractivity contribution in [2.75, 3.05) is 9.80 Å². The van der Waals surface area contributed by atoms with Gasteiger partial charge in [-0.15, -0.1) is 0 Å². The zero-order chi connectivity index (χ0) is 48.0. The first-order valence-electron chi connectivity index (χ1n) is 25.2. The molecule has 0 atom stereocenters. The van der Waals surface area contributed by atoms with Crippen molar-refractivity contribution in [3.05, 3.63) is 300 Å². The second-order valence-corrected chi connectivity index (χ2v) is 20.0. The Kier molecular flexibility index (Phi) is 9.50. The highest BCUT2D eigenvalue weighted by molar-refractivity contribution is 6.02. The minimum Gasteiger partial charge on any atom is -0.310 e. The smallest absolute Gasteiger partial charge is 0.0755 e. The van der Waals surface area contributed by atoms with Gasteiger partial charge in [-0.2, -0.15) is 0 Å². The summed E-state index contributed by atoms with van der Waals surface area (Å²) in [4.78, 5) is 4.99. The van der Waals surface area contributed by atoms with Crippen molar-refractivity contribution in [2.45, 2.75) is 24.7 Å². The Labute approximate surface area is 422 Å². The molecule has 0 N–H and O–H groups in total. The van der Waals surface area contributed by atoms with Crippen LogP contribution in [0.1, 0.15) is 47.2 Å². The molecule has 0 saturated carbocycles. The molecule has 340 valence electrons. The Morgan fingerprint density at radius 3 is 1.38 bits per heavy atom. The van der Waals surface area contributed by atoms with Crippen LogP contribution in [0.15, 0.2) is 267 Å². The van der Waals surface area contributed by atoms with Gasteiger partial charge in [0.2, 0.25) is 0 Å². The van der Waals surface area contributed by atoms with Crippen LogP contribution in [-0.2, 0) is 10.8 Å². The van der Waals surface area contributed by atoms with Crippen LogP contribution in [0.3, 0.4) is 0 Å². The van der Waals surface area contributed by atoms with Crippen molar-refractivity contribution in [3.8, 4) is 55.6 Å². The van der Waals surface area contributed by atoms with Crippen LogP contribution in [-0.4, -0.2) is 0 Å². The first-order chi connectivity index (χ1) is 35.5. The standard InChI is InChI=1S/C70H50N2/c1-69(2)59-29-14-12-27-56(59)57-42-41-55(46-64(57)69)71(54-39-37-49(38-40-54)52-44-50(47-21-6-3-7-22-47)43-51(45-52)48-23-8-4-9-24-48)67-36-20-33-63-68(67)58-28-13-15-30-60(58)70(63)61-31-16-18-34-65(61)72(53-25-10-5-11-26-53)66-35-19-17-32-62(66)70/h3-46H,1-2H3. The molecule has 0 saturated heterocycles. The fourth-order valence-corrected chi connectivity index (χ4v) is 12.6. The summed E-state index contributed by atoms with van der Waals surface area (Å²) in [5.74, 6) is 0. The van der Waals surface area contributed by atoms with Gasteiger partial charge in [-0.1, -0.05) is 208 Å². The highest BCUT2D eigenvalue weighted by atomic mass is 15.2. The molecule has 2 nitrogen and oxygen atoms in total. The van der Waals surface area contributed by atoms with Crippen molar-refractivity contribution in [1.82, 2.24) is 0 Å². The largest absolute Gasteiger partial charge is 0.310 e. The minimum absolute atomic E-state index is 0.173. The predicted octanol–water partition coefficient (Wildman–Crippen LogP) is 18.6. The van der Waals surface area contributed by atoms with E-state index in [4.69, 9.17) is 0 Å². The highest BCUT2D eigenvalue weighted by Gasteiger charge is 2.52. The van der Waals surface area contributed by atoms with Gasteiger partial charge in [0.25, 0.3) is 0 Å². The quantitative estimate of drug-likeness (QED) is 0.157. The Hall–Kier alpha value is -8.98. The molecule has 1 aliphatic heterocycles. The summed E-state index contributed by atoms with van der Waals surface area (Å²) < 4.78 is 0. The molecule has 0 radical (unpaired) electrons. The van der Waals surface area contributed by atoms with Crippen LogP contribution in [0.25, 0.3) is 55.6 Å². The van der Waals surface area contributed by atoms with E-state index in [2.05, 4.69) is 291 Å². The van der Waals surface area contributed by atoms with Crippen molar-refractivity contribution in [1.29, 1.82) is 0 Å². The summed E-state index contributed by atoms with van der Waals surface area (Å²) in [6, 6.07) is 99.1. The van der Waals surface area contributed by atoms with Crippen LogP contribution in [0.5, 0.6) is 0 Å². The van der Waals surface area contributed by atoms with Gasteiger partial charge in [0.1, 0.15) is 0 Å². The van der Waals surface area contributed by atoms with E-state index in [-0.39, 0.29) is 5.41 Å². The monoisotopic (exact) mass is 918 g/mol. The van der Waals surface area contributed by atoms with Gasteiger partial charge < -0.3 is 9.80 Å². The van der Waals surface area contributed by atoms with Gasteiger partial charge in [0.05, 0.1) is 22.5 Å². The van der Waals surface area contributed by atoms with Crippen LogP contribution >= 0.6 is 0 Å². The van der Waals surface area contributed by atoms with Gasteiger partial charge in [-0.3, -0.25) is 0 Å². The summed E-state index contributed by atoms with van der Waals surface area (Å²) in [7, 11) is 0. The van der Waals surface area contributed by atoms with Crippen LogP contribution in [0.4, 0.5) is 34.1 Å². The Bertz CT molecular complexity index is 3780. The van der Waals surface area contributed by atoms with Crippen molar-refractivity contribution in [2.24, 2.45) is 0 Å². The Morgan fingerprint density at radius 2 is 0.764 bits per heavy atom.